The molecular weight excluding hydrogens is 272 g/mol. The minimum absolute atomic E-state index is 0.518. The Morgan fingerprint density at radius 1 is 1.45 bits per heavy atom. The summed E-state index contributed by atoms with van der Waals surface area (Å²) >= 11 is 1.66. The number of rotatable bonds is 2. The van der Waals surface area contributed by atoms with Crippen LogP contribution in [0.15, 0.2) is 18.5 Å². The Hall–Kier alpha value is -1.89. The molecule has 3 aromatic heterocycles. The van der Waals surface area contributed by atoms with Gasteiger partial charge in [-0.1, -0.05) is 11.3 Å². The van der Waals surface area contributed by atoms with Crippen molar-refractivity contribution in [3.63, 3.8) is 0 Å². The van der Waals surface area contributed by atoms with E-state index in [0.29, 0.717) is 5.92 Å². The van der Waals surface area contributed by atoms with Crippen LogP contribution in [0.4, 0.5) is 5.13 Å². The summed E-state index contributed by atoms with van der Waals surface area (Å²) in [7, 11) is 0. The van der Waals surface area contributed by atoms with Crippen LogP contribution in [0.3, 0.4) is 0 Å². The van der Waals surface area contributed by atoms with Gasteiger partial charge in [-0.15, -0.1) is 5.10 Å². The molecule has 1 aliphatic heterocycles. The van der Waals surface area contributed by atoms with Crippen LogP contribution in [0, 0.1) is 6.92 Å². The predicted octanol–water partition coefficient (Wildman–Crippen LogP) is 2.21. The summed E-state index contributed by atoms with van der Waals surface area (Å²) in [5.74, 6) is 0.518. The van der Waals surface area contributed by atoms with E-state index >= 15 is 0 Å². The van der Waals surface area contributed by atoms with Crippen LogP contribution in [0.25, 0.3) is 4.96 Å². The van der Waals surface area contributed by atoms with Gasteiger partial charge in [-0.25, -0.2) is 9.50 Å². The number of anilines is 1. The molecule has 1 N–H and O–H groups in total. The van der Waals surface area contributed by atoms with Gasteiger partial charge in [0.25, 0.3) is 0 Å². The summed E-state index contributed by atoms with van der Waals surface area (Å²) in [5, 5.41) is 12.9. The summed E-state index contributed by atoms with van der Waals surface area (Å²) < 4.78 is 1.88. The van der Waals surface area contributed by atoms with Crippen molar-refractivity contribution in [3.05, 3.63) is 29.8 Å². The summed E-state index contributed by atoms with van der Waals surface area (Å²) in [6, 6.07) is 2.08. The molecule has 6 nitrogen and oxygen atoms in total. The number of piperidine rings is 1. The Bertz CT molecular complexity index is 681. The van der Waals surface area contributed by atoms with Gasteiger partial charge >= 0.3 is 0 Å². The molecule has 0 aliphatic carbocycles. The lowest BCUT2D eigenvalue weighted by molar-refractivity contribution is 0.499. The first kappa shape index (κ1) is 11.9. The Labute approximate surface area is 120 Å². The third-order valence-electron chi connectivity index (χ3n) is 3.81. The molecule has 1 saturated heterocycles. The van der Waals surface area contributed by atoms with Gasteiger partial charge in [0.1, 0.15) is 0 Å². The Balaban J connectivity index is 1.59. The molecule has 20 heavy (non-hydrogen) atoms. The average Bonchev–Trinajstić information content (AvgIpc) is 3.13. The second-order valence-corrected chi connectivity index (χ2v) is 6.23. The minimum atomic E-state index is 0.518. The number of imidazole rings is 1. The molecule has 3 aromatic rings. The Morgan fingerprint density at radius 3 is 3.20 bits per heavy atom. The fourth-order valence-corrected chi connectivity index (χ4v) is 3.79. The zero-order valence-corrected chi connectivity index (χ0v) is 12.1. The van der Waals surface area contributed by atoms with Crippen LogP contribution >= 0.6 is 11.3 Å². The summed E-state index contributed by atoms with van der Waals surface area (Å²) in [6.45, 7) is 4.06. The normalized spacial score (nSPS) is 19.9. The lowest BCUT2D eigenvalue weighted by Gasteiger charge is -2.31. The van der Waals surface area contributed by atoms with Crippen molar-refractivity contribution in [3.8, 4) is 0 Å². The monoisotopic (exact) mass is 288 g/mol. The Kier molecular flexibility index (Phi) is 2.73. The molecule has 1 fully saturated rings. The molecule has 1 aliphatic rings. The molecule has 4 heterocycles. The summed E-state index contributed by atoms with van der Waals surface area (Å²) in [5.41, 5.74) is 2.25. The van der Waals surface area contributed by atoms with Crippen molar-refractivity contribution < 1.29 is 0 Å². The van der Waals surface area contributed by atoms with Crippen LogP contribution < -0.4 is 4.90 Å². The van der Waals surface area contributed by atoms with E-state index in [1.807, 2.05) is 23.8 Å². The third-order valence-corrected chi connectivity index (χ3v) is 4.79. The van der Waals surface area contributed by atoms with Gasteiger partial charge in [-0.3, -0.25) is 5.10 Å². The van der Waals surface area contributed by atoms with E-state index in [1.165, 1.54) is 18.5 Å². The number of hydrogen-bond acceptors (Lipinski definition) is 5. The third kappa shape index (κ3) is 1.98. The first-order valence-electron chi connectivity index (χ1n) is 6.86. The quantitative estimate of drug-likeness (QED) is 0.785. The maximum absolute atomic E-state index is 4.65. The van der Waals surface area contributed by atoms with Gasteiger partial charge in [0.15, 0.2) is 0 Å². The van der Waals surface area contributed by atoms with Gasteiger partial charge in [0, 0.05) is 30.9 Å². The largest absolute Gasteiger partial charge is 0.346 e. The average molecular weight is 288 g/mol. The second-order valence-electron chi connectivity index (χ2n) is 5.29. The highest BCUT2D eigenvalue weighted by Gasteiger charge is 2.24. The summed E-state index contributed by atoms with van der Waals surface area (Å²) in [4.78, 5) is 7.81. The number of nitrogens with zero attached hydrogens (tertiary/aromatic N) is 5. The standard InChI is InChI=1S/C13H16N6S/c1-9-7-19-12(15-9)20-13(17-19)18-6-2-3-10(8-18)11-4-5-14-16-11/h4-5,7,10H,2-3,6,8H2,1H3,(H,14,16). The molecule has 0 bridgehead atoms. The van der Waals surface area contributed by atoms with Crippen LogP contribution in [0.1, 0.15) is 30.1 Å². The Morgan fingerprint density at radius 2 is 2.40 bits per heavy atom. The zero-order chi connectivity index (χ0) is 13.5. The summed E-state index contributed by atoms with van der Waals surface area (Å²) in [6.07, 6.45) is 6.20. The number of nitrogens with one attached hydrogen (secondary N) is 1. The molecule has 1 atom stereocenters. The number of aromatic amines is 1. The van der Waals surface area contributed by atoms with E-state index in [-0.39, 0.29) is 0 Å². The molecular formula is C13H16N6S. The first-order valence-corrected chi connectivity index (χ1v) is 7.68. The molecule has 0 amide bonds. The van der Waals surface area contributed by atoms with Gasteiger partial charge in [0.05, 0.1) is 11.9 Å². The number of aryl methyl sites for hydroxylation is 1. The molecule has 4 rings (SSSR count). The predicted molar refractivity (Wildman–Crippen MR) is 78.4 cm³/mol. The van der Waals surface area contributed by atoms with E-state index in [4.69, 9.17) is 0 Å². The second kappa shape index (κ2) is 4.59. The van der Waals surface area contributed by atoms with E-state index in [2.05, 4.69) is 31.2 Å². The maximum atomic E-state index is 4.65. The van der Waals surface area contributed by atoms with E-state index < -0.39 is 0 Å². The van der Waals surface area contributed by atoms with Crippen molar-refractivity contribution in [2.75, 3.05) is 18.0 Å². The highest BCUT2D eigenvalue weighted by atomic mass is 32.1. The van der Waals surface area contributed by atoms with Gasteiger partial charge in [0.2, 0.25) is 10.1 Å². The molecule has 0 aromatic carbocycles. The lowest BCUT2D eigenvalue weighted by Crippen LogP contribution is -2.34. The number of hydrogen-bond donors (Lipinski definition) is 1. The smallest absolute Gasteiger partial charge is 0.214 e. The van der Waals surface area contributed by atoms with Crippen molar-refractivity contribution in [2.45, 2.75) is 25.7 Å². The zero-order valence-electron chi connectivity index (χ0n) is 11.3. The van der Waals surface area contributed by atoms with E-state index in [0.717, 1.165) is 28.9 Å². The van der Waals surface area contributed by atoms with Crippen LogP contribution in [0.2, 0.25) is 0 Å². The fraction of sp³-hybridized carbons (Fsp3) is 0.462. The number of fused-ring (bicyclic) bond motifs is 1. The molecule has 7 heteroatoms. The molecule has 0 saturated carbocycles. The van der Waals surface area contributed by atoms with E-state index in [1.54, 1.807) is 11.3 Å². The van der Waals surface area contributed by atoms with Crippen LogP contribution in [-0.2, 0) is 0 Å². The van der Waals surface area contributed by atoms with E-state index in [9.17, 15) is 0 Å². The first-order chi connectivity index (χ1) is 9.79. The van der Waals surface area contributed by atoms with Crippen LogP contribution in [-0.4, -0.2) is 37.9 Å². The molecule has 0 radical (unpaired) electrons. The minimum Gasteiger partial charge on any atom is -0.346 e. The SMILES string of the molecule is Cc1cn2nc(N3CCCC(c4ccn[nH]4)C3)sc2n1. The van der Waals surface area contributed by atoms with Crippen molar-refractivity contribution in [1.29, 1.82) is 0 Å². The van der Waals surface area contributed by atoms with Crippen molar-refractivity contribution in [2.24, 2.45) is 0 Å². The van der Waals surface area contributed by atoms with Gasteiger partial charge < -0.3 is 4.90 Å². The fourth-order valence-electron chi connectivity index (χ4n) is 2.83. The highest BCUT2D eigenvalue weighted by Crippen LogP contribution is 2.31. The maximum Gasteiger partial charge on any atom is 0.214 e. The van der Waals surface area contributed by atoms with Crippen molar-refractivity contribution in [1.82, 2.24) is 24.8 Å². The molecule has 1 unspecified atom stereocenters. The lowest BCUT2D eigenvalue weighted by atomic mass is 9.95. The molecule has 104 valence electrons. The van der Waals surface area contributed by atoms with Crippen LogP contribution in [0.5, 0.6) is 0 Å². The number of H-pyrrole nitrogens is 1. The topological polar surface area (TPSA) is 62.1 Å². The highest BCUT2D eigenvalue weighted by molar-refractivity contribution is 7.20. The number of aromatic nitrogens is 5. The van der Waals surface area contributed by atoms with Gasteiger partial charge in [-0.2, -0.15) is 5.10 Å². The van der Waals surface area contributed by atoms with Gasteiger partial charge in [-0.05, 0) is 25.8 Å². The molecule has 0 spiro atoms. The van der Waals surface area contributed by atoms with Crippen molar-refractivity contribution >= 4 is 21.4 Å².